The Balaban J connectivity index is 2.32. The van der Waals surface area contributed by atoms with Crippen molar-refractivity contribution < 1.29 is 19.8 Å². The standard InChI is InChI=1S/C18H24BrN3O4/c1-21(2)8-3-7-20-17(18(25)26)14-11-22(9-6-16(23)24)15-10-12(19)4-5-13(14)15/h4-5,10-11,17,20H,3,6-9H2,1-2H3,(H,23,24)(H,25,26)/t17-/m1/s1. The van der Waals surface area contributed by atoms with Crippen LogP contribution in [0, 0.1) is 0 Å². The van der Waals surface area contributed by atoms with E-state index in [-0.39, 0.29) is 13.0 Å². The highest BCUT2D eigenvalue weighted by molar-refractivity contribution is 9.10. The third kappa shape index (κ3) is 5.30. The number of hydrogen-bond donors (Lipinski definition) is 3. The smallest absolute Gasteiger partial charge is 0.325 e. The maximum Gasteiger partial charge on any atom is 0.325 e. The number of aliphatic carboxylic acids is 2. The monoisotopic (exact) mass is 425 g/mol. The van der Waals surface area contributed by atoms with Crippen LogP contribution in [0.3, 0.4) is 0 Å². The van der Waals surface area contributed by atoms with Crippen molar-refractivity contribution in [3.05, 3.63) is 34.4 Å². The molecular formula is C18H24BrN3O4. The van der Waals surface area contributed by atoms with Crippen molar-refractivity contribution in [1.29, 1.82) is 0 Å². The van der Waals surface area contributed by atoms with Gasteiger partial charge in [-0.3, -0.25) is 9.59 Å². The van der Waals surface area contributed by atoms with Gasteiger partial charge in [0.05, 0.1) is 6.42 Å². The maximum absolute atomic E-state index is 11.8. The van der Waals surface area contributed by atoms with Crippen LogP contribution in [0.2, 0.25) is 0 Å². The molecule has 0 saturated heterocycles. The third-order valence-electron chi connectivity index (χ3n) is 4.13. The summed E-state index contributed by atoms with van der Waals surface area (Å²) in [4.78, 5) is 24.8. The first-order valence-electron chi connectivity index (χ1n) is 8.40. The molecule has 0 fully saturated rings. The summed E-state index contributed by atoms with van der Waals surface area (Å²) in [7, 11) is 3.95. The molecule has 0 amide bonds. The number of carboxylic acid groups (broad SMARTS) is 2. The number of nitrogens with zero attached hydrogens (tertiary/aromatic N) is 2. The molecule has 142 valence electrons. The number of aryl methyl sites for hydroxylation is 1. The molecule has 26 heavy (non-hydrogen) atoms. The third-order valence-corrected chi connectivity index (χ3v) is 4.62. The number of nitrogens with one attached hydrogen (secondary N) is 1. The predicted molar refractivity (Wildman–Crippen MR) is 103 cm³/mol. The van der Waals surface area contributed by atoms with Crippen LogP contribution in [-0.4, -0.2) is 58.8 Å². The molecule has 0 aliphatic heterocycles. The Hall–Kier alpha value is -1.90. The van der Waals surface area contributed by atoms with Gasteiger partial charge in [0.1, 0.15) is 6.04 Å². The van der Waals surface area contributed by atoms with Crippen molar-refractivity contribution in [2.75, 3.05) is 27.2 Å². The minimum Gasteiger partial charge on any atom is -0.481 e. The average molecular weight is 426 g/mol. The van der Waals surface area contributed by atoms with Gasteiger partial charge in [-0.05, 0) is 45.7 Å². The molecule has 0 unspecified atom stereocenters. The lowest BCUT2D eigenvalue weighted by atomic mass is 10.1. The number of carboxylic acids is 2. The summed E-state index contributed by atoms with van der Waals surface area (Å²) in [6.45, 7) is 1.73. The fraction of sp³-hybridized carbons (Fsp3) is 0.444. The van der Waals surface area contributed by atoms with Gasteiger partial charge < -0.3 is 25.0 Å². The molecule has 8 heteroatoms. The van der Waals surface area contributed by atoms with E-state index < -0.39 is 18.0 Å². The van der Waals surface area contributed by atoms with Crippen LogP contribution >= 0.6 is 15.9 Å². The van der Waals surface area contributed by atoms with E-state index >= 15 is 0 Å². The zero-order valence-electron chi connectivity index (χ0n) is 14.9. The van der Waals surface area contributed by atoms with E-state index in [1.165, 1.54) is 0 Å². The van der Waals surface area contributed by atoms with Crippen molar-refractivity contribution in [3.8, 4) is 0 Å². The zero-order chi connectivity index (χ0) is 19.3. The highest BCUT2D eigenvalue weighted by Crippen LogP contribution is 2.29. The fourth-order valence-corrected chi connectivity index (χ4v) is 3.25. The molecule has 0 bridgehead atoms. The zero-order valence-corrected chi connectivity index (χ0v) is 16.5. The summed E-state index contributed by atoms with van der Waals surface area (Å²) >= 11 is 3.42. The van der Waals surface area contributed by atoms with Crippen LogP contribution in [0.5, 0.6) is 0 Å². The largest absolute Gasteiger partial charge is 0.481 e. The first kappa shape index (κ1) is 20.4. The second kappa shape index (κ2) is 9.16. The SMILES string of the molecule is CN(C)CCCN[C@@H](C(=O)O)c1cn(CCC(=O)O)c2cc(Br)ccc12. The second-order valence-corrected chi connectivity index (χ2v) is 7.38. The number of hydrogen-bond acceptors (Lipinski definition) is 4. The van der Waals surface area contributed by atoms with E-state index in [1.807, 2.05) is 37.2 Å². The molecule has 2 rings (SSSR count). The average Bonchev–Trinajstić information content (AvgIpc) is 2.89. The Morgan fingerprint density at radius 3 is 2.65 bits per heavy atom. The van der Waals surface area contributed by atoms with Gasteiger partial charge in [0.2, 0.25) is 0 Å². The fourth-order valence-electron chi connectivity index (χ4n) is 2.90. The van der Waals surface area contributed by atoms with Crippen LogP contribution in [0.1, 0.15) is 24.4 Å². The summed E-state index contributed by atoms with van der Waals surface area (Å²) in [5.74, 6) is -1.84. The number of benzene rings is 1. The summed E-state index contributed by atoms with van der Waals surface area (Å²) in [5.41, 5.74) is 1.47. The van der Waals surface area contributed by atoms with Gasteiger partial charge in [0.25, 0.3) is 0 Å². The van der Waals surface area contributed by atoms with Crippen molar-refractivity contribution in [2.45, 2.75) is 25.4 Å². The predicted octanol–water partition coefficient (Wildman–Crippen LogP) is 2.55. The first-order valence-corrected chi connectivity index (χ1v) is 9.20. The van der Waals surface area contributed by atoms with Crippen LogP contribution in [0.25, 0.3) is 10.9 Å². The molecule has 1 heterocycles. The van der Waals surface area contributed by atoms with Crippen molar-refractivity contribution >= 4 is 38.8 Å². The minimum atomic E-state index is -0.949. The molecule has 0 radical (unpaired) electrons. The Bertz CT molecular complexity index is 788. The molecule has 0 aliphatic carbocycles. The molecule has 1 aromatic carbocycles. The lowest BCUT2D eigenvalue weighted by Gasteiger charge is -2.15. The molecule has 0 spiro atoms. The Labute approximate surface area is 160 Å². The van der Waals surface area contributed by atoms with Crippen LogP contribution < -0.4 is 5.32 Å². The molecular weight excluding hydrogens is 402 g/mol. The number of rotatable bonds is 10. The first-order chi connectivity index (χ1) is 12.3. The van der Waals surface area contributed by atoms with Gasteiger partial charge in [0, 0.05) is 33.7 Å². The van der Waals surface area contributed by atoms with E-state index in [0.717, 1.165) is 28.3 Å². The van der Waals surface area contributed by atoms with Crippen molar-refractivity contribution in [3.63, 3.8) is 0 Å². The molecule has 3 N–H and O–H groups in total. The molecule has 7 nitrogen and oxygen atoms in total. The molecule has 0 saturated carbocycles. The van der Waals surface area contributed by atoms with Gasteiger partial charge in [-0.1, -0.05) is 22.0 Å². The summed E-state index contributed by atoms with van der Waals surface area (Å²) in [5, 5.41) is 22.6. The molecule has 1 aromatic heterocycles. The number of fused-ring (bicyclic) bond motifs is 1. The van der Waals surface area contributed by atoms with E-state index in [0.29, 0.717) is 12.1 Å². The van der Waals surface area contributed by atoms with Gasteiger partial charge in [-0.25, -0.2) is 0 Å². The normalized spacial score (nSPS) is 12.6. The van der Waals surface area contributed by atoms with Gasteiger partial charge in [0.15, 0.2) is 0 Å². The number of halogens is 1. The van der Waals surface area contributed by atoms with Crippen molar-refractivity contribution in [1.82, 2.24) is 14.8 Å². The van der Waals surface area contributed by atoms with E-state index in [1.54, 1.807) is 10.8 Å². The second-order valence-electron chi connectivity index (χ2n) is 6.47. The van der Waals surface area contributed by atoms with Crippen LogP contribution in [0.15, 0.2) is 28.9 Å². The quantitative estimate of drug-likeness (QED) is 0.506. The lowest BCUT2D eigenvalue weighted by molar-refractivity contribution is -0.140. The minimum absolute atomic E-state index is 0.0241. The summed E-state index contributed by atoms with van der Waals surface area (Å²) < 4.78 is 2.66. The summed E-state index contributed by atoms with van der Waals surface area (Å²) in [6, 6.07) is 4.76. The molecule has 2 aromatic rings. The molecule has 1 atom stereocenters. The summed E-state index contributed by atoms with van der Waals surface area (Å²) in [6.07, 6.45) is 2.56. The van der Waals surface area contributed by atoms with Gasteiger partial charge >= 0.3 is 11.9 Å². The Kier molecular flexibility index (Phi) is 7.19. The van der Waals surface area contributed by atoms with Crippen LogP contribution in [0.4, 0.5) is 0 Å². The highest BCUT2D eigenvalue weighted by Gasteiger charge is 2.24. The highest BCUT2D eigenvalue weighted by atomic mass is 79.9. The van der Waals surface area contributed by atoms with Crippen molar-refractivity contribution in [2.24, 2.45) is 0 Å². The number of carbonyl (C=O) groups is 2. The van der Waals surface area contributed by atoms with E-state index in [4.69, 9.17) is 5.11 Å². The van der Waals surface area contributed by atoms with Gasteiger partial charge in [-0.15, -0.1) is 0 Å². The Morgan fingerprint density at radius 1 is 1.31 bits per heavy atom. The van der Waals surface area contributed by atoms with Crippen LogP contribution in [-0.2, 0) is 16.1 Å². The topological polar surface area (TPSA) is 94.8 Å². The van der Waals surface area contributed by atoms with E-state index in [2.05, 4.69) is 21.2 Å². The maximum atomic E-state index is 11.8. The van der Waals surface area contributed by atoms with E-state index in [9.17, 15) is 14.7 Å². The molecule has 0 aliphatic rings. The lowest BCUT2D eigenvalue weighted by Crippen LogP contribution is -2.30. The number of aromatic nitrogens is 1. The Morgan fingerprint density at radius 2 is 2.04 bits per heavy atom. The van der Waals surface area contributed by atoms with Gasteiger partial charge in [-0.2, -0.15) is 0 Å².